The molecule has 21 heavy (non-hydrogen) atoms. The second-order valence-corrected chi connectivity index (χ2v) is 6.08. The maximum Gasteiger partial charge on any atom is 0.314 e. The van der Waals surface area contributed by atoms with Gasteiger partial charge in [-0.3, -0.25) is 4.79 Å². The van der Waals surface area contributed by atoms with Gasteiger partial charge < -0.3 is 21.7 Å². The number of halogens is 2. The van der Waals surface area contributed by atoms with Crippen LogP contribution >= 0.6 is 24.8 Å². The van der Waals surface area contributed by atoms with Crippen LogP contribution in [0.25, 0.3) is 0 Å². The van der Waals surface area contributed by atoms with Gasteiger partial charge in [0.1, 0.15) is 0 Å². The summed E-state index contributed by atoms with van der Waals surface area (Å²) in [5.41, 5.74) is 11.0. The third-order valence-electron chi connectivity index (χ3n) is 4.42. The number of urea groups is 1. The number of rotatable bonds is 2. The van der Waals surface area contributed by atoms with E-state index in [4.69, 9.17) is 11.5 Å². The summed E-state index contributed by atoms with van der Waals surface area (Å²) in [5.74, 6) is -0.0927. The van der Waals surface area contributed by atoms with Crippen molar-refractivity contribution in [2.75, 3.05) is 13.1 Å². The van der Waals surface area contributed by atoms with Gasteiger partial charge in [-0.15, -0.1) is 24.8 Å². The minimum Gasteiger partial charge on any atom is -0.351 e. The van der Waals surface area contributed by atoms with E-state index >= 15 is 0 Å². The molecule has 5 N–H and O–H groups in total. The maximum absolute atomic E-state index is 12.3. The lowest BCUT2D eigenvalue weighted by Crippen LogP contribution is -2.54. The molecule has 3 atom stereocenters. The molecule has 0 bridgehead atoms. The van der Waals surface area contributed by atoms with Crippen LogP contribution in [0, 0.1) is 5.92 Å². The minimum atomic E-state index is -0.418. The van der Waals surface area contributed by atoms with Gasteiger partial charge in [-0.2, -0.15) is 0 Å². The van der Waals surface area contributed by atoms with Crippen LogP contribution < -0.4 is 16.8 Å². The molecular formula is C13H26Cl2N4O2. The number of hydrogen-bond donors (Lipinski definition) is 3. The van der Waals surface area contributed by atoms with Gasteiger partial charge in [-0.1, -0.05) is 12.8 Å². The van der Waals surface area contributed by atoms with Gasteiger partial charge in [0.15, 0.2) is 0 Å². The highest BCUT2D eigenvalue weighted by Gasteiger charge is 2.39. The SMILES string of the molecule is CC1(N)CCCCC1C(=O)NC1CCN(C(N)=O)C1.Cl.Cl. The quantitative estimate of drug-likeness (QED) is 0.698. The summed E-state index contributed by atoms with van der Waals surface area (Å²) in [6.45, 7) is 3.08. The second-order valence-electron chi connectivity index (χ2n) is 6.08. The summed E-state index contributed by atoms with van der Waals surface area (Å²) in [6.07, 6.45) is 4.66. The monoisotopic (exact) mass is 340 g/mol. The molecule has 1 saturated heterocycles. The van der Waals surface area contributed by atoms with Crippen molar-refractivity contribution in [1.82, 2.24) is 10.2 Å². The van der Waals surface area contributed by atoms with E-state index in [1.807, 2.05) is 6.92 Å². The van der Waals surface area contributed by atoms with Crippen molar-refractivity contribution in [1.29, 1.82) is 0 Å². The fourth-order valence-electron chi connectivity index (χ4n) is 3.17. The molecule has 0 aromatic rings. The van der Waals surface area contributed by atoms with Crippen LogP contribution in [0.2, 0.25) is 0 Å². The summed E-state index contributed by atoms with van der Waals surface area (Å²) in [6, 6.07) is -0.407. The highest BCUT2D eigenvalue weighted by atomic mass is 35.5. The Hall–Kier alpha value is -0.720. The summed E-state index contributed by atoms with van der Waals surface area (Å²) in [7, 11) is 0. The lowest BCUT2D eigenvalue weighted by atomic mass is 9.74. The van der Waals surface area contributed by atoms with E-state index in [0.29, 0.717) is 13.1 Å². The molecule has 1 heterocycles. The first-order chi connectivity index (χ1) is 8.90. The van der Waals surface area contributed by atoms with Crippen LogP contribution in [0.15, 0.2) is 0 Å². The van der Waals surface area contributed by atoms with Crippen LogP contribution in [-0.2, 0) is 4.79 Å². The predicted molar refractivity (Wildman–Crippen MR) is 86.8 cm³/mol. The normalized spacial score (nSPS) is 31.8. The minimum absolute atomic E-state index is 0. The van der Waals surface area contributed by atoms with Gasteiger partial charge in [0, 0.05) is 24.7 Å². The first-order valence-corrected chi connectivity index (χ1v) is 7.04. The van der Waals surface area contributed by atoms with Crippen molar-refractivity contribution in [2.24, 2.45) is 17.4 Å². The molecule has 2 aliphatic rings. The number of hydrogen-bond acceptors (Lipinski definition) is 3. The number of primary amides is 1. The molecule has 1 aliphatic carbocycles. The van der Waals surface area contributed by atoms with E-state index in [9.17, 15) is 9.59 Å². The average molecular weight is 341 g/mol. The number of nitrogens with one attached hydrogen (secondary N) is 1. The molecule has 1 saturated carbocycles. The van der Waals surface area contributed by atoms with Crippen LogP contribution in [0.5, 0.6) is 0 Å². The van der Waals surface area contributed by atoms with Crippen molar-refractivity contribution < 1.29 is 9.59 Å². The Balaban J connectivity index is 0.00000200. The van der Waals surface area contributed by atoms with Crippen molar-refractivity contribution in [2.45, 2.75) is 50.6 Å². The van der Waals surface area contributed by atoms with E-state index in [-0.39, 0.29) is 42.7 Å². The Morgan fingerprint density at radius 3 is 2.43 bits per heavy atom. The van der Waals surface area contributed by atoms with Gasteiger partial charge in [-0.05, 0) is 26.2 Å². The fraction of sp³-hybridized carbons (Fsp3) is 0.846. The van der Waals surface area contributed by atoms with Crippen molar-refractivity contribution in [3.05, 3.63) is 0 Å². The van der Waals surface area contributed by atoms with Gasteiger partial charge in [0.25, 0.3) is 0 Å². The van der Waals surface area contributed by atoms with E-state index in [0.717, 1.165) is 32.1 Å². The predicted octanol–water partition coefficient (Wildman–Crippen LogP) is 1.01. The second kappa shape index (κ2) is 8.06. The van der Waals surface area contributed by atoms with Gasteiger partial charge in [0.05, 0.1) is 5.92 Å². The topological polar surface area (TPSA) is 101 Å². The van der Waals surface area contributed by atoms with Crippen molar-refractivity contribution in [3.63, 3.8) is 0 Å². The number of nitrogens with zero attached hydrogens (tertiary/aromatic N) is 1. The first kappa shape index (κ1) is 20.3. The molecule has 0 aromatic carbocycles. The van der Waals surface area contributed by atoms with E-state index < -0.39 is 11.6 Å². The number of carbonyl (C=O) groups excluding carboxylic acids is 2. The lowest BCUT2D eigenvalue weighted by molar-refractivity contribution is -0.128. The van der Waals surface area contributed by atoms with Crippen LogP contribution in [0.4, 0.5) is 4.79 Å². The van der Waals surface area contributed by atoms with Crippen LogP contribution in [0.1, 0.15) is 39.0 Å². The molecular weight excluding hydrogens is 315 g/mol. The molecule has 0 radical (unpaired) electrons. The molecule has 124 valence electrons. The molecule has 6 nitrogen and oxygen atoms in total. The van der Waals surface area contributed by atoms with E-state index in [1.165, 1.54) is 0 Å². The molecule has 8 heteroatoms. The standard InChI is InChI=1S/C13H24N4O2.2ClH/c1-13(15)6-3-2-4-10(13)11(18)16-9-5-7-17(8-9)12(14)19;;/h9-10H,2-8,15H2,1H3,(H2,14,19)(H,16,18);2*1H. The van der Waals surface area contributed by atoms with Gasteiger partial charge in [-0.25, -0.2) is 4.79 Å². The van der Waals surface area contributed by atoms with Gasteiger partial charge in [0.2, 0.25) is 5.91 Å². The van der Waals surface area contributed by atoms with Crippen LogP contribution in [0.3, 0.4) is 0 Å². The van der Waals surface area contributed by atoms with E-state index in [2.05, 4.69) is 5.32 Å². The summed E-state index contributed by atoms with van der Waals surface area (Å²) < 4.78 is 0. The molecule has 3 unspecified atom stereocenters. The molecule has 2 fully saturated rings. The third-order valence-corrected chi connectivity index (χ3v) is 4.42. The number of amides is 3. The highest BCUT2D eigenvalue weighted by molar-refractivity contribution is 5.85. The number of carbonyl (C=O) groups is 2. The Kier molecular flexibility index (Phi) is 7.78. The van der Waals surface area contributed by atoms with Crippen molar-refractivity contribution >= 4 is 36.8 Å². The van der Waals surface area contributed by atoms with E-state index in [1.54, 1.807) is 4.90 Å². The highest BCUT2D eigenvalue weighted by Crippen LogP contribution is 2.31. The smallest absolute Gasteiger partial charge is 0.314 e. The largest absolute Gasteiger partial charge is 0.351 e. The zero-order chi connectivity index (χ0) is 14.0. The molecule has 1 aliphatic heterocycles. The summed E-state index contributed by atoms with van der Waals surface area (Å²) >= 11 is 0. The Morgan fingerprint density at radius 2 is 1.90 bits per heavy atom. The Labute approximate surface area is 138 Å². The zero-order valence-electron chi connectivity index (χ0n) is 12.3. The Morgan fingerprint density at radius 1 is 1.24 bits per heavy atom. The molecule has 0 spiro atoms. The third kappa shape index (κ3) is 4.90. The zero-order valence-corrected chi connectivity index (χ0v) is 14.0. The molecule has 2 rings (SSSR count). The molecule has 0 aromatic heterocycles. The summed E-state index contributed by atoms with van der Waals surface area (Å²) in [5, 5.41) is 3.02. The maximum atomic E-state index is 12.3. The summed E-state index contributed by atoms with van der Waals surface area (Å²) in [4.78, 5) is 24.9. The van der Waals surface area contributed by atoms with Crippen LogP contribution in [-0.4, -0.2) is 41.5 Å². The van der Waals surface area contributed by atoms with Crippen molar-refractivity contribution in [3.8, 4) is 0 Å². The molecule has 3 amide bonds. The fourth-order valence-corrected chi connectivity index (χ4v) is 3.17. The average Bonchev–Trinajstić information content (AvgIpc) is 2.76. The number of nitrogens with two attached hydrogens (primary N) is 2. The first-order valence-electron chi connectivity index (χ1n) is 7.04. The van der Waals surface area contributed by atoms with Gasteiger partial charge >= 0.3 is 6.03 Å². The Bertz CT molecular complexity index is 379. The number of likely N-dealkylation sites (tertiary alicyclic amines) is 1. The lowest BCUT2D eigenvalue weighted by Gasteiger charge is -2.37.